The van der Waals surface area contributed by atoms with Gasteiger partial charge in [-0.05, 0) is 42.9 Å². The van der Waals surface area contributed by atoms with Crippen LogP contribution >= 0.6 is 11.8 Å². The third-order valence-electron chi connectivity index (χ3n) is 5.51. The lowest BCUT2D eigenvalue weighted by molar-refractivity contribution is -0.00130. The predicted molar refractivity (Wildman–Crippen MR) is 104 cm³/mol. The van der Waals surface area contributed by atoms with Crippen molar-refractivity contribution in [2.75, 3.05) is 31.1 Å². The van der Waals surface area contributed by atoms with Gasteiger partial charge < -0.3 is 14.6 Å². The topological polar surface area (TPSA) is 73.9 Å². The van der Waals surface area contributed by atoms with Gasteiger partial charge >= 0.3 is 5.63 Å². The maximum atomic E-state index is 12.3. The van der Waals surface area contributed by atoms with E-state index in [4.69, 9.17) is 4.42 Å². The maximum Gasteiger partial charge on any atom is 0.339 e. The van der Waals surface area contributed by atoms with Crippen molar-refractivity contribution in [2.45, 2.75) is 37.9 Å². The zero-order valence-corrected chi connectivity index (χ0v) is 15.6. The van der Waals surface area contributed by atoms with Gasteiger partial charge in [-0.2, -0.15) is 11.8 Å². The first-order chi connectivity index (χ1) is 12.6. The molecule has 1 saturated heterocycles. The van der Waals surface area contributed by atoms with Gasteiger partial charge in [0.2, 0.25) is 0 Å². The number of aryl methyl sites for hydroxylation is 1. The summed E-state index contributed by atoms with van der Waals surface area (Å²) in [4.78, 5) is 14.5. The molecule has 26 heavy (non-hydrogen) atoms. The van der Waals surface area contributed by atoms with Gasteiger partial charge in [-0.25, -0.2) is 4.79 Å². The molecule has 140 valence electrons. The number of benzene rings is 1. The minimum Gasteiger partial charge on any atom is -0.422 e. The summed E-state index contributed by atoms with van der Waals surface area (Å²) in [5.41, 5.74) is 2.66. The van der Waals surface area contributed by atoms with Gasteiger partial charge in [0.25, 0.3) is 0 Å². The van der Waals surface area contributed by atoms with Crippen LogP contribution in [-0.2, 0) is 12.8 Å². The molecule has 2 aromatic rings. The van der Waals surface area contributed by atoms with E-state index in [2.05, 4.69) is 4.90 Å². The molecular formula is C20H25NO4S. The second kappa shape index (κ2) is 7.72. The number of hydrogen-bond donors (Lipinski definition) is 2. The highest BCUT2D eigenvalue weighted by Gasteiger charge is 2.27. The zero-order valence-electron chi connectivity index (χ0n) is 14.8. The normalized spacial score (nSPS) is 20.7. The number of rotatable bonds is 4. The Kier molecular flexibility index (Phi) is 5.36. The molecule has 4 rings (SSSR count). The van der Waals surface area contributed by atoms with E-state index in [0.717, 1.165) is 66.8 Å². The predicted octanol–water partition coefficient (Wildman–Crippen LogP) is 2.11. The van der Waals surface area contributed by atoms with Crippen LogP contribution in [0, 0.1) is 0 Å². The fourth-order valence-electron chi connectivity index (χ4n) is 4.13. The highest BCUT2D eigenvalue weighted by atomic mass is 32.2. The number of β-amino-alcohol motifs (C(OH)–C–C–N with tert-alkyl or cyclic N) is 1. The van der Waals surface area contributed by atoms with Crippen LogP contribution in [0.2, 0.25) is 0 Å². The van der Waals surface area contributed by atoms with Crippen LogP contribution in [0.4, 0.5) is 0 Å². The SMILES string of the molecule is O=c1oc2cccc(C(O)C(O)CN3CCSCC3)c2c2c1CCCC2. The molecule has 1 aromatic carbocycles. The lowest BCUT2D eigenvalue weighted by atomic mass is 9.87. The van der Waals surface area contributed by atoms with Gasteiger partial charge in [0.15, 0.2) is 0 Å². The van der Waals surface area contributed by atoms with E-state index in [9.17, 15) is 15.0 Å². The van der Waals surface area contributed by atoms with Gasteiger partial charge in [-0.1, -0.05) is 12.1 Å². The Balaban J connectivity index is 1.70. The van der Waals surface area contributed by atoms with Crippen molar-refractivity contribution in [3.05, 3.63) is 45.3 Å². The molecule has 0 saturated carbocycles. The van der Waals surface area contributed by atoms with Crippen molar-refractivity contribution in [1.29, 1.82) is 0 Å². The number of nitrogens with zero attached hydrogens (tertiary/aromatic N) is 1. The van der Waals surface area contributed by atoms with Gasteiger partial charge in [0, 0.05) is 42.1 Å². The average Bonchev–Trinajstić information content (AvgIpc) is 2.68. The van der Waals surface area contributed by atoms with Crippen LogP contribution in [0.25, 0.3) is 11.0 Å². The van der Waals surface area contributed by atoms with Crippen molar-refractivity contribution in [3.8, 4) is 0 Å². The summed E-state index contributed by atoms with van der Waals surface area (Å²) in [6.45, 7) is 2.33. The molecule has 1 fully saturated rings. The molecule has 1 aliphatic carbocycles. The molecule has 0 spiro atoms. The number of fused-ring (bicyclic) bond motifs is 3. The zero-order chi connectivity index (χ0) is 18.1. The van der Waals surface area contributed by atoms with Gasteiger partial charge in [-0.15, -0.1) is 0 Å². The molecule has 5 nitrogen and oxygen atoms in total. The van der Waals surface area contributed by atoms with E-state index >= 15 is 0 Å². The summed E-state index contributed by atoms with van der Waals surface area (Å²) < 4.78 is 5.52. The van der Waals surface area contributed by atoms with E-state index in [0.29, 0.717) is 17.7 Å². The number of thioether (sulfide) groups is 1. The molecular weight excluding hydrogens is 350 g/mol. The van der Waals surface area contributed by atoms with Crippen LogP contribution in [0.3, 0.4) is 0 Å². The van der Waals surface area contributed by atoms with E-state index in [1.165, 1.54) is 0 Å². The van der Waals surface area contributed by atoms with Gasteiger partial charge in [0.05, 0.1) is 6.10 Å². The summed E-state index contributed by atoms with van der Waals surface area (Å²) in [5.74, 6) is 2.13. The van der Waals surface area contributed by atoms with Crippen LogP contribution in [0.5, 0.6) is 0 Å². The van der Waals surface area contributed by atoms with Gasteiger partial charge in [0.1, 0.15) is 11.7 Å². The molecule has 0 bridgehead atoms. The minimum atomic E-state index is -0.994. The first kappa shape index (κ1) is 18.0. The summed E-state index contributed by atoms with van der Waals surface area (Å²) in [6.07, 6.45) is 1.71. The average molecular weight is 375 g/mol. The molecule has 2 N–H and O–H groups in total. The van der Waals surface area contributed by atoms with Crippen LogP contribution < -0.4 is 5.63 Å². The standard InChI is InChI=1S/C20H25NO4S/c22-16(12-21-8-10-26-11-9-21)19(23)15-6-3-7-17-18(15)13-4-1-2-5-14(13)20(24)25-17/h3,6-7,16,19,22-23H,1-2,4-5,8-12H2. The Hall–Kier alpha value is -1.34. The smallest absolute Gasteiger partial charge is 0.339 e. The Morgan fingerprint density at radius 2 is 1.85 bits per heavy atom. The summed E-state index contributed by atoms with van der Waals surface area (Å²) in [5, 5.41) is 22.4. The highest BCUT2D eigenvalue weighted by molar-refractivity contribution is 7.99. The van der Waals surface area contributed by atoms with E-state index in [1.807, 2.05) is 17.8 Å². The second-order valence-electron chi connectivity index (χ2n) is 7.20. The molecule has 6 heteroatoms. The fraction of sp³-hybridized carbons (Fsp3) is 0.550. The minimum absolute atomic E-state index is 0.259. The van der Waals surface area contributed by atoms with E-state index in [-0.39, 0.29) is 5.63 Å². The summed E-state index contributed by atoms with van der Waals surface area (Å²) >= 11 is 1.92. The Bertz CT molecular complexity index is 844. The number of aliphatic hydroxyl groups excluding tert-OH is 2. The van der Waals surface area contributed by atoms with Crippen molar-refractivity contribution < 1.29 is 14.6 Å². The van der Waals surface area contributed by atoms with Crippen molar-refractivity contribution >= 4 is 22.7 Å². The van der Waals surface area contributed by atoms with E-state index < -0.39 is 12.2 Å². The fourth-order valence-corrected chi connectivity index (χ4v) is 5.10. The Labute approximate surface area is 157 Å². The molecule has 2 atom stereocenters. The maximum absolute atomic E-state index is 12.3. The largest absolute Gasteiger partial charge is 0.422 e. The number of hydrogen-bond acceptors (Lipinski definition) is 6. The van der Waals surface area contributed by atoms with Crippen LogP contribution in [0.1, 0.15) is 35.6 Å². The quantitative estimate of drug-likeness (QED) is 0.798. The van der Waals surface area contributed by atoms with Crippen LogP contribution in [-0.4, -0.2) is 52.4 Å². The van der Waals surface area contributed by atoms with Crippen molar-refractivity contribution in [3.63, 3.8) is 0 Å². The molecule has 1 aliphatic heterocycles. The van der Waals surface area contributed by atoms with Gasteiger partial charge in [-0.3, -0.25) is 4.90 Å². The molecule has 2 aliphatic rings. The lowest BCUT2D eigenvalue weighted by Gasteiger charge is -2.30. The second-order valence-corrected chi connectivity index (χ2v) is 8.42. The van der Waals surface area contributed by atoms with Crippen LogP contribution in [0.15, 0.2) is 27.4 Å². The highest BCUT2D eigenvalue weighted by Crippen LogP contribution is 2.33. The molecule has 1 aromatic heterocycles. The van der Waals surface area contributed by atoms with Crippen molar-refractivity contribution in [1.82, 2.24) is 4.90 Å². The Morgan fingerprint density at radius 3 is 2.62 bits per heavy atom. The van der Waals surface area contributed by atoms with E-state index in [1.54, 1.807) is 12.1 Å². The first-order valence-corrected chi connectivity index (χ1v) is 10.5. The number of aliphatic hydroxyl groups is 2. The summed E-state index contributed by atoms with van der Waals surface area (Å²) in [6, 6.07) is 5.40. The molecule has 0 radical (unpaired) electrons. The lowest BCUT2D eigenvalue weighted by Crippen LogP contribution is -2.40. The third kappa shape index (κ3) is 3.43. The summed E-state index contributed by atoms with van der Waals surface area (Å²) in [7, 11) is 0. The molecule has 0 amide bonds. The third-order valence-corrected chi connectivity index (χ3v) is 6.45. The first-order valence-electron chi connectivity index (χ1n) is 9.39. The van der Waals surface area contributed by atoms with Crippen molar-refractivity contribution in [2.24, 2.45) is 0 Å². The Morgan fingerprint density at radius 1 is 1.12 bits per heavy atom. The molecule has 2 heterocycles. The monoisotopic (exact) mass is 375 g/mol. The molecule has 2 unspecified atom stereocenters.